The lowest BCUT2D eigenvalue weighted by Crippen LogP contribution is -2.14. The van der Waals surface area contributed by atoms with Crippen molar-refractivity contribution in [3.8, 4) is 23.1 Å². The molecule has 9 heteroatoms. The zero-order chi connectivity index (χ0) is 21.8. The van der Waals surface area contributed by atoms with Gasteiger partial charge in [0.15, 0.2) is 22.2 Å². The van der Waals surface area contributed by atoms with E-state index in [-0.39, 0.29) is 11.7 Å². The van der Waals surface area contributed by atoms with Crippen LogP contribution in [0.15, 0.2) is 58.1 Å². The van der Waals surface area contributed by atoms with Gasteiger partial charge in [-0.1, -0.05) is 23.9 Å². The number of hydrogen-bond acceptors (Lipinski definition) is 7. The van der Waals surface area contributed by atoms with Crippen LogP contribution < -0.4 is 14.8 Å². The fourth-order valence-corrected chi connectivity index (χ4v) is 3.97. The van der Waals surface area contributed by atoms with Crippen molar-refractivity contribution in [3.05, 3.63) is 48.5 Å². The molecule has 0 radical (unpaired) electrons. The van der Waals surface area contributed by atoms with Crippen LogP contribution in [-0.2, 0) is 11.3 Å². The van der Waals surface area contributed by atoms with Crippen LogP contribution in [0.2, 0.25) is 0 Å². The molecule has 0 unspecified atom stereocenters. The molecule has 4 aromatic rings. The van der Waals surface area contributed by atoms with Crippen LogP contribution in [0.1, 0.15) is 6.92 Å². The van der Waals surface area contributed by atoms with Crippen molar-refractivity contribution >= 4 is 34.3 Å². The summed E-state index contributed by atoms with van der Waals surface area (Å²) in [7, 11) is 3.21. The molecule has 0 spiro atoms. The first-order valence-corrected chi connectivity index (χ1v) is 10.7. The molecular weight excluding hydrogens is 416 g/mol. The number of anilines is 1. The molecule has 1 amide bonds. The molecule has 2 aromatic carbocycles. The maximum Gasteiger partial charge on any atom is 0.234 e. The minimum Gasteiger partial charge on any atom is -0.497 e. The largest absolute Gasteiger partial charge is 0.497 e. The van der Waals surface area contributed by atoms with E-state index in [1.54, 1.807) is 38.5 Å². The summed E-state index contributed by atoms with van der Waals surface area (Å²) in [5.41, 5.74) is 1.37. The van der Waals surface area contributed by atoms with Gasteiger partial charge in [0.2, 0.25) is 11.7 Å². The number of fused-ring (bicyclic) bond motifs is 1. The maximum absolute atomic E-state index is 12.4. The summed E-state index contributed by atoms with van der Waals surface area (Å²) in [5, 5.41) is 13.0. The molecule has 2 aromatic heterocycles. The second-order valence-corrected chi connectivity index (χ2v) is 7.55. The van der Waals surface area contributed by atoms with Gasteiger partial charge >= 0.3 is 0 Å². The number of hydrogen-bond donors (Lipinski definition) is 1. The van der Waals surface area contributed by atoms with E-state index in [0.717, 1.165) is 11.1 Å². The number of amides is 1. The second kappa shape index (κ2) is 9.13. The molecule has 0 saturated carbocycles. The summed E-state index contributed by atoms with van der Waals surface area (Å²) in [6, 6.07) is 14.8. The molecule has 0 aliphatic rings. The molecule has 31 heavy (non-hydrogen) atoms. The number of ether oxygens (including phenoxy) is 2. The van der Waals surface area contributed by atoms with Gasteiger partial charge in [-0.3, -0.25) is 9.36 Å². The molecule has 160 valence electrons. The van der Waals surface area contributed by atoms with Crippen molar-refractivity contribution in [2.75, 3.05) is 25.3 Å². The van der Waals surface area contributed by atoms with Gasteiger partial charge in [-0.15, -0.1) is 10.2 Å². The minimum absolute atomic E-state index is 0.129. The quantitative estimate of drug-likeness (QED) is 0.406. The average Bonchev–Trinajstić information content (AvgIpc) is 3.41. The number of thioether (sulfide) groups is 1. The van der Waals surface area contributed by atoms with Gasteiger partial charge in [-0.2, -0.15) is 0 Å². The van der Waals surface area contributed by atoms with Gasteiger partial charge < -0.3 is 19.2 Å². The lowest BCUT2D eigenvalue weighted by molar-refractivity contribution is -0.113. The van der Waals surface area contributed by atoms with Gasteiger partial charge in [0, 0.05) is 17.6 Å². The molecule has 4 rings (SSSR count). The Kier molecular flexibility index (Phi) is 6.13. The fourth-order valence-electron chi connectivity index (χ4n) is 3.17. The third-order valence-electron chi connectivity index (χ3n) is 4.69. The van der Waals surface area contributed by atoms with Crippen molar-refractivity contribution in [1.29, 1.82) is 0 Å². The van der Waals surface area contributed by atoms with Crippen LogP contribution in [0.25, 0.3) is 22.6 Å². The van der Waals surface area contributed by atoms with Crippen molar-refractivity contribution in [1.82, 2.24) is 14.8 Å². The van der Waals surface area contributed by atoms with E-state index in [0.29, 0.717) is 40.3 Å². The number of benzene rings is 2. The van der Waals surface area contributed by atoms with Crippen molar-refractivity contribution in [3.63, 3.8) is 0 Å². The number of carbonyl (C=O) groups excluding carboxylic acids is 1. The van der Waals surface area contributed by atoms with E-state index < -0.39 is 0 Å². The number of methoxy groups -OCH3 is 2. The van der Waals surface area contributed by atoms with E-state index in [9.17, 15) is 4.79 Å². The average molecular weight is 439 g/mol. The van der Waals surface area contributed by atoms with Crippen LogP contribution in [0.3, 0.4) is 0 Å². The molecule has 8 nitrogen and oxygen atoms in total. The SMILES string of the molecule is CCn1c(SCC(=O)Nc2ccc(OC)cc2)nnc1-c1cc2cccc(OC)c2o1. The molecule has 0 fully saturated rings. The Morgan fingerprint density at radius 2 is 1.94 bits per heavy atom. The summed E-state index contributed by atoms with van der Waals surface area (Å²) in [6.07, 6.45) is 0. The fraction of sp³-hybridized carbons (Fsp3) is 0.227. The zero-order valence-corrected chi connectivity index (χ0v) is 18.2. The Morgan fingerprint density at radius 1 is 1.13 bits per heavy atom. The summed E-state index contributed by atoms with van der Waals surface area (Å²) in [5.74, 6) is 2.69. The zero-order valence-electron chi connectivity index (χ0n) is 17.4. The predicted molar refractivity (Wildman–Crippen MR) is 120 cm³/mol. The molecule has 0 aliphatic carbocycles. The van der Waals surface area contributed by atoms with Crippen LogP contribution in [-0.4, -0.2) is 40.6 Å². The second-order valence-electron chi connectivity index (χ2n) is 6.61. The first-order valence-electron chi connectivity index (χ1n) is 9.69. The van der Waals surface area contributed by atoms with Crippen LogP contribution in [0.5, 0.6) is 11.5 Å². The maximum atomic E-state index is 12.4. The number of carbonyl (C=O) groups is 1. The number of nitrogens with zero attached hydrogens (tertiary/aromatic N) is 3. The molecule has 0 aliphatic heterocycles. The Hall–Kier alpha value is -3.46. The van der Waals surface area contributed by atoms with E-state index in [1.807, 2.05) is 35.8 Å². The highest BCUT2D eigenvalue weighted by molar-refractivity contribution is 7.99. The molecule has 1 N–H and O–H groups in total. The molecule has 0 bridgehead atoms. The highest BCUT2D eigenvalue weighted by Gasteiger charge is 2.19. The molecule has 2 heterocycles. The number of furan rings is 1. The molecule has 0 atom stereocenters. The summed E-state index contributed by atoms with van der Waals surface area (Å²) < 4.78 is 18.4. The van der Waals surface area contributed by atoms with Gasteiger partial charge in [-0.05, 0) is 43.3 Å². The van der Waals surface area contributed by atoms with Gasteiger partial charge in [0.25, 0.3) is 0 Å². The first kappa shape index (κ1) is 20.8. The third kappa shape index (κ3) is 4.36. The molecular formula is C22H22N4O4S. The van der Waals surface area contributed by atoms with Crippen LogP contribution in [0, 0.1) is 0 Å². The van der Waals surface area contributed by atoms with Gasteiger partial charge in [-0.25, -0.2) is 0 Å². The number of nitrogens with one attached hydrogen (secondary N) is 1. The van der Waals surface area contributed by atoms with Crippen LogP contribution >= 0.6 is 11.8 Å². The summed E-state index contributed by atoms with van der Waals surface area (Å²) in [4.78, 5) is 12.4. The van der Waals surface area contributed by atoms with Crippen LogP contribution in [0.4, 0.5) is 5.69 Å². The summed E-state index contributed by atoms with van der Waals surface area (Å²) >= 11 is 1.32. The summed E-state index contributed by atoms with van der Waals surface area (Å²) in [6.45, 7) is 2.64. The first-order chi connectivity index (χ1) is 15.1. The number of rotatable bonds is 8. The Morgan fingerprint density at radius 3 is 2.65 bits per heavy atom. The minimum atomic E-state index is -0.129. The Balaban J connectivity index is 1.48. The van der Waals surface area contributed by atoms with Crippen molar-refractivity contribution < 1.29 is 18.7 Å². The topological polar surface area (TPSA) is 91.4 Å². The van der Waals surface area contributed by atoms with Gasteiger partial charge in [0.05, 0.1) is 20.0 Å². The number of para-hydroxylation sites is 1. The monoisotopic (exact) mass is 438 g/mol. The number of aromatic nitrogens is 3. The van der Waals surface area contributed by atoms with Gasteiger partial charge in [0.1, 0.15) is 5.75 Å². The predicted octanol–water partition coefficient (Wildman–Crippen LogP) is 4.46. The smallest absolute Gasteiger partial charge is 0.234 e. The van der Waals surface area contributed by atoms with E-state index in [2.05, 4.69) is 15.5 Å². The lowest BCUT2D eigenvalue weighted by Gasteiger charge is -2.07. The molecule has 0 saturated heterocycles. The van der Waals surface area contributed by atoms with E-state index in [4.69, 9.17) is 13.9 Å². The highest BCUT2D eigenvalue weighted by atomic mass is 32.2. The normalized spacial score (nSPS) is 10.9. The Labute approximate surface area is 183 Å². The van der Waals surface area contributed by atoms with Crippen molar-refractivity contribution in [2.24, 2.45) is 0 Å². The lowest BCUT2D eigenvalue weighted by atomic mass is 10.2. The van der Waals surface area contributed by atoms with E-state index in [1.165, 1.54) is 11.8 Å². The Bertz CT molecular complexity index is 1200. The standard InChI is InChI=1S/C22H22N4O4S/c1-4-26-21(18-12-14-6-5-7-17(29-3)20(14)30-18)24-25-22(26)31-13-19(27)23-15-8-10-16(28-2)11-9-15/h5-12H,4,13H2,1-3H3,(H,23,27). The van der Waals surface area contributed by atoms with Crippen molar-refractivity contribution in [2.45, 2.75) is 18.6 Å². The highest BCUT2D eigenvalue weighted by Crippen LogP contribution is 2.33. The third-order valence-corrected chi connectivity index (χ3v) is 5.65. The van der Waals surface area contributed by atoms with E-state index >= 15 is 0 Å².